The van der Waals surface area contributed by atoms with Gasteiger partial charge in [-0.3, -0.25) is 14.4 Å². The average Bonchev–Trinajstić information content (AvgIpc) is 2.83. The fourth-order valence-corrected chi connectivity index (χ4v) is 3.41. The van der Waals surface area contributed by atoms with E-state index in [1.54, 1.807) is 6.92 Å². The third-order valence-corrected chi connectivity index (χ3v) is 4.33. The third kappa shape index (κ3) is 1.55. The maximum Gasteiger partial charge on any atom is 0.309 e. The van der Waals surface area contributed by atoms with Crippen molar-refractivity contribution in [2.45, 2.75) is 31.7 Å². The van der Waals surface area contributed by atoms with Gasteiger partial charge in [0.15, 0.2) is 17.7 Å². The van der Waals surface area contributed by atoms with Gasteiger partial charge in [0.1, 0.15) is 11.9 Å². The molecule has 1 fully saturated rings. The molecule has 0 bridgehead atoms. The SMILES string of the molecule is C[C@H]1O[C@H]2CC(=O)O[C@@H]2C2=C1C(=O)c1c(O)cccc1C2=O. The molecule has 22 heavy (non-hydrogen) atoms. The highest BCUT2D eigenvalue weighted by atomic mass is 16.6. The van der Waals surface area contributed by atoms with Gasteiger partial charge in [-0.25, -0.2) is 0 Å². The van der Waals surface area contributed by atoms with Crippen LogP contribution in [0.2, 0.25) is 0 Å². The second kappa shape index (κ2) is 4.27. The zero-order valence-corrected chi connectivity index (χ0v) is 11.7. The highest BCUT2D eigenvalue weighted by Crippen LogP contribution is 2.42. The number of hydrogen-bond acceptors (Lipinski definition) is 6. The molecular weight excluding hydrogens is 288 g/mol. The van der Waals surface area contributed by atoms with Gasteiger partial charge < -0.3 is 14.6 Å². The monoisotopic (exact) mass is 300 g/mol. The molecule has 0 spiro atoms. The van der Waals surface area contributed by atoms with Crippen LogP contribution in [-0.4, -0.2) is 41.0 Å². The van der Waals surface area contributed by atoms with Crippen molar-refractivity contribution >= 4 is 17.5 Å². The first-order valence-corrected chi connectivity index (χ1v) is 6.99. The van der Waals surface area contributed by atoms with Crippen LogP contribution in [-0.2, 0) is 14.3 Å². The Morgan fingerprint density at radius 2 is 1.91 bits per heavy atom. The summed E-state index contributed by atoms with van der Waals surface area (Å²) in [4.78, 5) is 37.0. The van der Waals surface area contributed by atoms with Crippen molar-refractivity contribution in [2.75, 3.05) is 0 Å². The van der Waals surface area contributed by atoms with E-state index in [0.717, 1.165) is 0 Å². The largest absolute Gasteiger partial charge is 0.507 e. The molecule has 0 amide bonds. The summed E-state index contributed by atoms with van der Waals surface area (Å²) < 4.78 is 10.9. The number of carbonyl (C=O) groups excluding carboxylic acids is 3. The van der Waals surface area contributed by atoms with Crippen LogP contribution < -0.4 is 0 Å². The van der Waals surface area contributed by atoms with E-state index in [0.29, 0.717) is 0 Å². The third-order valence-electron chi connectivity index (χ3n) is 4.33. The Morgan fingerprint density at radius 1 is 1.14 bits per heavy atom. The Balaban J connectivity index is 1.95. The van der Waals surface area contributed by atoms with Crippen molar-refractivity contribution in [2.24, 2.45) is 0 Å². The first-order chi connectivity index (χ1) is 10.5. The van der Waals surface area contributed by atoms with Crippen molar-refractivity contribution < 1.29 is 29.0 Å². The molecule has 0 saturated carbocycles. The van der Waals surface area contributed by atoms with Gasteiger partial charge in [0.2, 0.25) is 0 Å². The van der Waals surface area contributed by atoms with E-state index in [-0.39, 0.29) is 40.2 Å². The number of aromatic hydroxyl groups is 1. The number of rotatable bonds is 0. The molecule has 6 heteroatoms. The van der Waals surface area contributed by atoms with E-state index >= 15 is 0 Å². The number of phenolic OH excluding ortho intramolecular Hbond substituents is 1. The standard InChI is InChI=1S/C16H12O6/c1-6-11-13(16-9(21-6)5-10(18)22-16)14(19)7-3-2-4-8(17)12(7)15(11)20/h2-4,6,9,16-17H,5H2,1H3/t6-,9+,16+/m1/s1. The van der Waals surface area contributed by atoms with E-state index in [2.05, 4.69) is 0 Å². The molecule has 2 aliphatic heterocycles. The Hall–Kier alpha value is -2.47. The predicted octanol–water partition coefficient (Wildman–Crippen LogP) is 1.17. The predicted molar refractivity (Wildman–Crippen MR) is 72.6 cm³/mol. The summed E-state index contributed by atoms with van der Waals surface area (Å²) in [7, 11) is 0. The summed E-state index contributed by atoms with van der Waals surface area (Å²) in [5, 5.41) is 9.93. The number of phenols is 1. The lowest BCUT2D eigenvalue weighted by molar-refractivity contribution is -0.140. The van der Waals surface area contributed by atoms with Crippen LogP contribution in [0.1, 0.15) is 34.1 Å². The zero-order chi connectivity index (χ0) is 15.6. The number of ether oxygens (including phenoxy) is 2. The summed E-state index contributed by atoms with van der Waals surface area (Å²) in [6.07, 6.45) is -1.95. The van der Waals surface area contributed by atoms with Crippen molar-refractivity contribution in [3.63, 3.8) is 0 Å². The van der Waals surface area contributed by atoms with Crippen molar-refractivity contribution in [3.05, 3.63) is 40.5 Å². The minimum atomic E-state index is -0.842. The maximum atomic E-state index is 12.8. The van der Waals surface area contributed by atoms with E-state index in [1.165, 1.54) is 18.2 Å². The van der Waals surface area contributed by atoms with E-state index in [4.69, 9.17) is 9.47 Å². The normalized spacial score (nSPS) is 29.9. The van der Waals surface area contributed by atoms with Gasteiger partial charge >= 0.3 is 5.97 Å². The summed E-state index contributed by atoms with van der Waals surface area (Å²) in [6, 6.07) is 4.36. The quantitative estimate of drug-likeness (QED) is 0.723. The number of ketones is 2. The molecule has 2 heterocycles. The van der Waals surface area contributed by atoms with Crippen LogP contribution in [0.25, 0.3) is 0 Å². The molecule has 1 N–H and O–H groups in total. The molecule has 4 rings (SSSR count). The lowest BCUT2D eigenvalue weighted by Gasteiger charge is -2.35. The molecule has 1 aliphatic carbocycles. The van der Waals surface area contributed by atoms with Gasteiger partial charge in [-0.2, -0.15) is 0 Å². The second-order valence-corrected chi connectivity index (χ2v) is 5.62. The summed E-state index contributed by atoms with van der Waals surface area (Å²) in [6.45, 7) is 1.66. The molecule has 112 valence electrons. The van der Waals surface area contributed by atoms with E-state index in [9.17, 15) is 19.5 Å². The van der Waals surface area contributed by atoms with E-state index in [1.807, 2.05) is 0 Å². The Kier molecular flexibility index (Phi) is 2.56. The molecule has 0 unspecified atom stereocenters. The summed E-state index contributed by atoms with van der Waals surface area (Å²) in [5.74, 6) is -1.52. The zero-order valence-electron chi connectivity index (χ0n) is 11.7. The Morgan fingerprint density at radius 3 is 2.68 bits per heavy atom. The molecule has 1 aromatic rings. The minimum absolute atomic E-state index is 0.00975. The maximum absolute atomic E-state index is 12.8. The van der Waals surface area contributed by atoms with Gasteiger partial charge in [-0.1, -0.05) is 12.1 Å². The van der Waals surface area contributed by atoms with Gasteiger partial charge in [-0.05, 0) is 13.0 Å². The van der Waals surface area contributed by atoms with Gasteiger partial charge in [0, 0.05) is 11.1 Å². The summed E-state index contributed by atoms with van der Waals surface area (Å²) >= 11 is 0. The Bertz CT molecular complexity index is 775. The average molecular weight is 300 g/mol. The summed E-state index contributed by atoms with van der Waals surface area (Å²) in [5.41, 5.74) is 0.497. The van der Waals surface area contributed by atoms with Crippen LogP contribution in [0.5, 0.6) is 5.75 Å². The first-order valence-electron chi connectivity index (χ1n) is 6.99. The number of hydrogen-bond donors (Lipinski definition) is 1. The van der Waals surface area contributed by atoms with E-state index < -0.39 is 30.1 Å². The topological polar surface area (TPSA) is 89.9 Å². The number of fused-ring (bicyclic) bond motifs is 3. The lowest BCUT2D eigenvalue weighted by atomic mass is 9.77. The molecule has 1 aromatic carbocycles. The molecule has 3 atom stereocenters. The minimum Gasteiger partial charge on any atom is -0.507 e. The van der Waals surface area contributed by atoms with Crippen LogP contribution >= 0.6 is 0 Å². The smallest absolute Gasteiger partial charge is 0.309 e. The molecule has 3 aliphatic rings. The van der Waals surface area contributed by atoms with Gasteiger partial charge in [-0.15, -0.1) is 0 Å². The number of benzene rings is 1. The molecular formula is C16H12O6. The molecule has 1 saturated heterocycles. The lowest BCUT2D eigenvalue weighted by Crippen LogP contribution is -2.44. The van der Waals surface area contributed by atoms with Gasteiger partial charge in [0.25, 0.3) is 0 Å². The fraction of sp³-hybridized carbons (Fsp3) is 0.312. The molecule has 6 nitrogen and oxygen atoms in total. The fourth-order valence-electron chi connectivity index (χ4n) is 3.41. The van der Waals surface area contributed by atoms with Crippen molar-refractivity contribution in [1.82, 2.24) is 0 Å². The van der Waals surface area contributed by atoms with Crippen molar-refractivity contribution in [3.8, 4) is 5.75 Å². The second-order valence-electron chi connectivity index (χ2n) is 5.62. The number of esters is 1. The van der Waals surface area contributed by atoms with Crippen molar-refractivity contribution in [1.29, 1.82) is 0 Å². The van der Waals surface area contributed by atoms with Crippen LogP contribution in [0, 0.1) is 0 Å². The van der Waals surface area contributed by atoms with Crippen LogP contribution in [0.4, 0.5) is 0 Å². The highest BCUT2D eigenvalue weighted by molar-refractivity contribution is 6.28. The van der Waals surface area contributed by atoms with Crippen LogP contribution in [0.3, 0.4) is 0 Å². The molecule has 0 radical (unpaired) electrons. The highest BCUT2D eigenvalue weighted by Gasteiger charge is 2.51. The number of carbonyl (C=O) groups is 3. The first kappa shape index (κ1) is 13.2. The van der Waals surface area contributed by atoms with Gasteiger partial charge in [0.05, 0.1) is 23.7 Å². The Labute approximate surface area is 125 Å². The number of Topliss-reactive ketones (excluding diaryl/α,β-unsaturated/α-hetero) is 2. The molecule has 0 aromatic heterocycles. The van der Waals surface area contributed by atoms with Crippen LogP contribution in [0.15, 0.2) is 29.3 Å².